The molecule has 3 nitrogen and oxygen atoms in total. The van der Waals surface area contributed by atoms with Crippen molar-refractivity contribution in [1.29, 1.82) is 0 Å². The van der Waals surface area contributed by atoms with Crippen molar-refractivity contribution in [3.05, 3.63) is 31.8 Å². The van der Waals surface area contributed by atoms with E-state index in [4.69, 9.17) is 5.11 Å². The molecule has 0 saturated heterocycles. The molecule has 1 amide bonds. The summed E-state index contributed by atoms with van der Waals surface area (Å²) < 4.78 is 1.75. The largest absolute Gasteiger partial charge is 0.392 e. The highest BCUT2D eigenvalue weighted by atomic mass is 127. The number of halogens is 2. The zero-order valence-corrected chi connectivity index (χ0v) is 11.9. The van der Waals surface area contributed by atoms with Crippen LogP contribution >= 0.6 is 38.5 Å². The predicted molar refractivity (Wildman–Crippen MR) is 70.9 cm³/mol. The summed E-state index contributed by atoms with van der Waals surface area (Å²) in [5.74, 6) is -0.165. The molecule has 15 heavy (non-hydrogen) atoms. The maximum Gasteiger partial charge on any atom is 0.252 e. The second kappa shape index (κ2) is 5.81. The highest BCUT2D eigenvalue weighted by Crippen LogP contribution is 2.18. The molecule has 0 aliphatic rings. The molecule has 1 unspecified atom stereocenters. The lowest BCUT2D eigenvalue weighted by atomic mass is 10.2. The minimum Gasteiger partial charge on any atom is -0.392 e. The molecule has 0 heterocycles. The van der Waals surface area contributed by atoms with Crippen LogP contribution in [0.25, 0.3) is 0 Å². The van der Waals surface area contributed by atoms with Crippen molar-refractivity contribution in [3.63, 3.8) is 0 Å². The van der Waals surface area contributed by atoms with Crippen LogP contribution in [0.1, 0.15) is 17.3 Å². The van der Waals surface area contributed by atoms with E-state index in [1.54, 1.807) is 13.0 Å². The number of amides is 1. The van der Waals surface area contributed by atoms with E-state index in [9.17, 15) is 4.79 Å². The van der Waals surface area contributed by atoms with Gasteiger partial charge in [0.1, 0.15) is 0 Å². The molecule has 82 valence electrons. The van der Waals surface area contributed by atoms with Gasteiger partial charge < -0.3 is 10.4 Å². The van der Waals surface area contributed by atoms with Crippen LogP contribution in [-0.2, 0) is 0 Å². The lowest BCUT2D eigenvalue weighted by Gasteiger charge is -2.08. The Labute approximate surface area is 111 Å². The maximum atomic E-state index is 11.7. The summed E-state index contributed by atoms with van der Waals surface area (Å²) in [6.07, 6.45) is -0.529. The summed E-state index contributed by atoms with van der Waals surface area (Å²) in [5, 5.41) is 11.7. The summed E-state index contributed by atoms with van der Waals surface area (Å²) in [6.45, 7) is 1.90. The monoisotopic (exact) mass is 383 g/mol. The third kappa shape index (κ3) is 4.08. The normalized spacial score (nSPS) is 12.3. The Morgan fingerprint density at radius 3 is 2.93 bits per heavy atom. The van der Waals surface area contributed by atoms with E-state index in [1.807, 2.05) is 12.1 Å². The molecule has 1 aromatic rings. The van der Waals surface area contributed by atoms with Crippen molar-refractivity contribution < 1.29 is 9.90 Å². The summed E-state index contributed by atoms with van der Waals surface area (Å²) in [6, 6.07) is 5.51. The van der Waals surface area contributed by atoms with Crippen LogP contribution in [0.2, 0.25) is 0 Å². The molecule has 2 N–H and O–H groups in total. The van der Waals surface area contributed by atoms with E-state index in [2.05, 4.69) is 43.8 Å². The molecular weight excluding hydrogens is 373 g/mol. The number of hydrogen-bond acceptors (Lipinski definition) is 2. The summed E-state index contributed by atoms with van der Waals surface area (Å²) in [5.41, 5.74) is 0.616. The van der Waals surface area contributed by atoms with Crippen molar-refractivity contribution >= 4 is 44.4 Å². The molecule has 1 atom stereocenters. The zero-order chi connectivity index (χ0) is 11.4. The average molecular weight is 384 g/mol. The number of benzene rings is 1. The number of aliphatic hydroxyl groups is 1. The number of rotatable bonds is 3. The van der Waals surface area contributed by atoms with Gasteiger partial charge in [-0.1, -0.05) is 15.9 Å². The van der Waals surface area contributed by atoms with Crippen molar-refractivity contribution in [2.75, 3.05) is 6.54 Å². The Hall–Kier alpha value is -0.140. The van der Waals surface area contributed by atoms with Crippen LogP contribution in [0.5, 0.6) is 0 Å². The highest BCUT2D eigenvalue weighted by molar-refractivity contribution is 14.1. The van der Waals surface area contributed by atoms with E-state index in [0.717, 1.165) is 8.04 Å². The van der Waals surface area contributed by atoms with Gasteiger partial charge in [-0.3, -0.25) is 4.79 Å². The van der Waals surface area contributed by atoms with E-state index in [-0.39, 0.29) is 12.5 Å². The summed E-state index contributed by atoms with van der Waals surface area (Å²) in [7, 11) is 0. The van der Waals surface area contributed by atoms with Gasteiger partial charge in [0.15, 0.2) is 0 Å². The van der Waals surface area contributed by atoms with Crippen molar-refractivity contribution in [1.82, 2.24) is 5.32 Å². The first-order valence-electron chi connectivity index (χ1n) is 4.42. The smallest absolute Gasteiger partial charge is 0.252 e. The average Bonchev–Trinajstić information content (AvgIpc) is 2.18. The fraction of sp³-hybridized carbons (Fsp3) is 0.300. The van der Waals surface area contributed by atoms with Gasteiger partial charge in [0.05, 0.1) is 11.7 Å². The molecule has 0 aliphatic carbocycles. The van der Waals surface area contributed by atoms with E-state index in [1.165, 1.54) is 0 Å². The minimum atomic E-state index is -0.529. The molecule has 1 rings (SSSR count). The van der Waals surface area contributed by atoms with Gasteiger partial charge in [-0.2, -0.15) is 0 Å². The number of hydrogen-bond donors (Lipinski definition) is 2. The second-order valence-corrected chi connectivity index (χ2v) is 5.26. The fourth-order valence-corrected chi connectivity index (χ4v) is 1.95. The van der Waals surface area contributed by atoms with Crippen molar-refractivity contribution in [2.45, 2.75) is 13.0 Å². The van der Waals surface area contributed by atoms with Crippen LogP contribution in [0, 0.1) is 3.57 Å². The lowest BCUT2D eigenvalue weighted by Crippen LogP contribution is -2.31. The van der Waals surface area contributed by atoms with Gasteiger partial charge in [0.25, 0.3) is 5.91 Å². The predicted octanol–water partition coefficient (Wildman–Crippen LogP) is 2.16. The first-order valence-corrected chi connectivity index (χ1v) is 6.29. The highest BCUT2D eigenvalue weighted by Gasteiger charge is 2.10. The molecule has 0 spiro atoms. The number of nitrogens with one attached hydrogen (secondary N) is 1. The standard InChI is InChI=1S/C10H11BrINO2/c1-6(14)5-13-10(15)8-4-7(11)2-3-9(8)12/h2-4,6,14H,5H2,1H3,(H,13,15). The Morgan fingerprint density at radius 1 is 1.67 bits per heavy atom. The molecule has 5 heteroatoms. The third-order valence-electron chi connectivity index (χ3n) is 1.73. The van der Waals surface area contributed by atoms with Crippen LogP contribution in [0.4, 0.5) is 0 Å². The van der Waals surface area contributed by atoms with E-state index >= 15 is 0 Å². The van der Waals surface area contributed by atoms with Gasteiger partial charge in [0, 0.05) is 14.6 Å². The SMILES string of the molecule is CC(O)CNC(=O)c1cc(Br)ccc1I. The molecule has 0 radical (unpaired) electrons. The molecule has 1 aromatic carbocycles. The Bertz CT molecular complexity index is 368. The van der Waals surface area contributed by atoms with Crippen LogP contribution in [0.3, 0.4) is 0 Å². The second-order valence-electron chi connectivity index (χ2n) is 3.18. The molecule has 0 saturated carbocycles. The van der Waals surface area contributed by atoms with Gasteiger partial charge in [-0.05, 0) is 47.7 Å². The Morgan fingerprint density at radius 2 is 2.33 bits per heavy atom. The van der Waals surface area contributed by atoms with Gasteiger partial charge in [-0.15, -0.1) is 0 Å². The fourth-order valence-electron chi connectivity index (χ4n) is 1.01. The first-order chi connectivity index (χ1) is 7.00. The Kier molecular flexibility index (Phi) is 5.01. The number of carbonyl (C=O) groups is 1. The van der Waals surface area contributed by atoms with Crippen molar-refractivity contribution in [2.24, 2.45) is 0 Å². The van der Waals surface area contributed by atoms with Gasteiger partial charge in [0.2, 0.25) is 0 Å². The van der Waals surface area contributed by atoms with Crippen molar-refractivity contribution in [3.8, 4) is 0 Å². The quantitative estimate of drug-likeness (QED) is 0.786. The molecule has 0 fully saturated rings. The molecule has 0 aliphatic heterocycles. The third-order valence-corrected chi connectivity index (χ3v) is 3.16. The van der Waals surface area contributed by atoms with E-state index < -0.39 is 6.10 Å². The zero-order valence-electron chi connectivity index (χ0n) is 8.13. The molecule has 0 bridgehead atoms. The number of carbonyl (C=O) groups excluding carboxylic acids is 1. The first kappa shape index (κ1) is 12.9. The van der Waals surface area contributed by atoms with Gasteiger partial charge in [-0.25, -0.2) is 0 Å². The summed E-state index contributed by atoms with van der Waals surface area (Å²) >= 11 is 5.42. The maximum absolute atomic E-state index is 11.7. The van der Waals surface area contributed by atoms with E-state index in [0.29, 0.717) is 5.56 Å². The molecule has 0 aromatic heterocycles. The topological polar surface area (TPSA) is 49.3 Å². The lowest BCUT2D eigenvalue weighted by molar-refractivity contribution is 0.0923. The summed E-state index contributed by atoms with van der Waals surface area (Å²) in [4.78, 5) is 11.7. The minimum absolute atomic E-state index is 0.165. The van der Waals surface area contributed by atoms with Crippen LogP contribution in [-0.4, -0.2) is 23.7 Å². The number of aliphatic hydroxyl groups excluding tert-OH is 1. The van der Waals surface area contributed by atoms with Crippen LogP contribution in [0.15, 0.2) is 22.7 Å². The Balaban J connectivity index is 2.77. The molecular formula is C10H11BrINO2. The van der Waals surface area contributed by atoms with Gasteiger partial charge >= 0.3 is 0 Å². The van der Waals surface area contributed by atoms with Crippen LogP contribution < -0.4 is 5.32 Å².